The number of hydrogen-bond acceptors (Lipinski definition) is 5. The molecule has 128 valence electrons. The predicted molar refractivity (Wildman–Crippen MR) is 93.2 cm³/mol. The van der Waals surface area contributed by atoms with E-state index in [2.05, 4.69) is 30.8 Å². The highest BCUT2D eigenvalue weighted by Gasteiger charge is 2.15. The lowest BCUT2D eigenvalue weighted by molar-refractivity contribution is 0.249. The molecule has 0 aliphatic rings. The lowest BCUT2D eigenvalue weighted by Gasteiger charge is -2.12. The minimum absolute atomic E-state index is 0.339. The standard InChI is InChI=1S/C17H18N6O2/c1-11(15-21-16(23-22-15)12-6-8-18-9-7-12)19-17(24)20-13-4-3-5-14(10-13)25-2/h3-11H,1-2H3,(H2,19,20,24)(H,21,22,23). The van der Waals surface area contributed by atoms with Gasteiger partial charge in [-0.2, -0.15) is 5.10 Å². The second-order valence-electron chi connectivity index (χ2n) is 5.33. The number of carbonyl (C=O) groups is 1. The number of hydrogen-bond donors (Lipinski definition) is 3. The molecule has 25 heavy (non-hydrogen) atoms. The molecule has 0 aliphatic carbocycles. The Morgan fingerprint density at radius 2 is 2.04 bits per heavy atom. The fourth-order valence-electron chi connectivity index (χ4n) is 2.23. The summed E-state index contributed by atoms with van der Waals surface area (Å²) >= 11 is 0. The zero-order valence-electron chi connectivity index (χ0n) is 13.9. The summed E-state index contributed by atoms with van der Waals surface area (Å²) < 4.78 is 5.13. The number of nitrogens with one attached hydrogen (secondary N) is 3. The zero-order chi connectivity index (χ0) is 17.6. The molecule has 0 radical (unpaired) electrons. The number of H-pyrrole nitrogens is 1. The van der Waals surface area contributed by atoms with E-state index in [0.29, 0.717) is 23.1 Å². The van der Waals surface area contributed by atoms with E-state index in [-0.39, 0.29) is 12.1 Å². The Bertz CT molecular complexity index is 849. The van der Waals surface area contributed by atoms with Gasteiger partial charge < -0.3 is 15.4 Å². The van der Waals surface area contributed by atoms with Gasteiger partial charge in [-0.25, -0.2) is 9.78 Å². The van der Waals surface area contributed by atoms with E-state index < -0.39 is 0 Å². The Morgan fingerprint density at radius 1 is 1.24 bits per heavy atom. The molecular weight excluding hydrogens is 320 g/mol. The van der Waals surface area contributed by atoms with Crippen molar-refractivity contribution in [1.29, 1.82) is 0 Å². The van der Waals surface area contributed by atoms with Crippen LogP contribution in [0.4, 0.5) is 10.5 Å². The molecule has 0 fully saturated rings. The maximum Gasteiger partial charge on any atom is 0.319 e. The Kier molecular flexibility index (Phi) is 4.89. The van der Waals surface area contributed by atoms with Crippen molar-refractivity contribution in [2.45, 2.75) is 13.0 Å². The molecule has 8 heteroatoms. The van der Waals surface area contributed by atoms with E-state index in [1.165, 1.54) is 0 Å². The highest BCUT2D eigenvalue weighted by Crippen LogP contribution is 2.18. The fourth-order valence-corrected chi connectivity index (χ4v) is 2.23. The molecule has 1 unspecified atom stereocenters. The third kappa shape index (κ3) is 4.11. The number of methoxy groups -OCH3 is 1. The quantitative estimate of drug-likeness (QED) is 0.663. The van der Waals surface area contributed by atoms with Crippen LogP contribution in [0.15, 0.2) is 48.8 Å². The first-order valence-corrected chi connectivity index (χ1v) is 7.70. The maximum atomic E-state index is 12.1. The van der Waals surface area contributed by atoms with Gasteiger partial charge in [-0.3, -0.25) is 10.1 Å². The summed E-state index contributed by atoms with van der Waals surface area (Å²) in [4.78, 5) is 20.5. The Labute approximate surface area is 144 Å². The molecule has 0 aliphatic heterocycles. The van der Waals surface area contributed by atoms with Crippen molar-refractivity contribution in [2.24, 2.45) is 0 Å². The van der Waals surface area contributed by atoms with E-state index >= 15 is 0 Å². The normalized spacial score (nSPS) is 11.6. The van der Waals surface area contributed by atoms with Gasteiger partial charge in [-0.15, -0.1) is 0 Å². The summed E-state index contributed by atoms with van der Waals surface area (Å²) in [7, 11) is 1.57. The van der Waals surface area contributed by atoms with Gasteiger partial charge in [0, 0.05) is 29.7 Å². The van der Waals surface area contributed by atoms with Crippen molar-refractivity contribution in [2.75, 3.05) is 12.4 Å². The second kappa shape index (κ2) is 7.43. The molecule has 1 atom stereocenters. The first-order valence-electron chi connectivity index (χ1n) is 7.70. The Morgan fingerprint density at radius 3 is 2.80 bits per heavy atom. The lowest BCUT2D eigenvalue weighted by atomic mass is 10.2. The Hall–Kier alpha value is -3.42. The number of aromatic amines is 1. The van der Waals surface area contributed by atoms with E-state index in [0.717, 1.165) is 5.56 Å². The average Bonchev–Trinajstić information content (AvgIpc) is 3.13. The summed E-state index contributed by atoms with van der Waals surface area (Å²) in [5.74, 6) is 1.79. The van der Waals surface area contributed by atoms with Gasteiger partial charge in [0.2, 0.25) is 0 Å². The zero-order valence-corrected chi connectivity index (χ0v) is 13.9. The molecule has 8 nitrogen and oxygen atoms in total. The number of rotatable bonds is 5. The van der Waals surface area contributed by atoms with Gasteiger partial charge in [-0.1, -0.05) is 6.07 Å². The van der Waals surface area contributed by atoms with E-state index in [1.807, 2.05) is 19.1 Å². The number of amides is 2. The summed E-state index contributed by atoms with van der Waals surface area (Å²) in [6.45, 7) is 1.82. The molecule has 0 spiro atoms. The van der Waals surface area contributed by atoms with Crippen molar-refractivity contribution in [3.05, 3.63) is 54.6 Å². The van der Waals surface area contributed by atoms with Crippen LogP contribution in [0.3, 0.4) is 0 Å². The van der Waals surface area contributed by atoms with Crippen LogP contribution < -0.4 is 15.4 Å². The van der Waals surface area contributed by atoms with E-state index in [4.69, 9.17) is 4.74 Å². The van der Waals surface area contributed by atoms with Crippen molar-refractivity contribution < 1.29 is 9.53 Å². The summed E-state index contributed by atoms with van der Waals surface area (Å²) in [5, 5.41) is 12.6. The van der Waals surface area contributed by atoms with Crippen LogP contribution in [0, 0.1) is 0 Å². The number of pyridine rings is 1. The van der Waals surface area contributed by atoms with Gasteiger partial charge in [0.25, 0.3) is 0 Å². The maximum absolute atomic E-state index is 12.1. The number of benzene rings is 1. The van der Waals surface area contributed by atoms with E-state index in [1.54, 1.807) is 43.8 Å². The minimum Gasteiger partial charge on any atom is -0.497 e. The summed E-state index contributed by atoms with van der Waals surface area (Å²) in [5.41, 5.74) is 1.49. The summed E-state index contributed by atoms with van der Waals surface area (Å²) in [6.07, 6.45) is 3.35. The lowest BCUT2D eigenvalue weighted by Crippen LogP contribution is -2.31. The third-order valence-electron chi connectivity index (χ3n) is 3.53. The number of nitrogens with zero attached hydrogens (tertiary/aromatic N) is 3. The molecule has 2 aromatic heterocycles. The summed E-state index contributed by atoms with van der Waals surface area (Å²) in [6, 6.07) is 10.1. The highest BCUT2D eigenvalue weighted by atomic mass is 16.5. The van der Waals surface area contributed by atoms with Crippen LogP contribution in [-0.2, 0) is 0 Å². The molecule has 0 saturated heterocycles. The number of ether oxygens (including phenoxy) is 1. The van der Waals surface area contributed by atoms with Crippen molar-refractivity contribution in [3.63, 3.8) is 0 Å². The molecule has 2 amide bonds. The van der Waals surface area contributed by atoms with Crippen molar-refractivity contribution >= 4 is 11.7 Å². The molecular formula is C17H18N6O2. The van der Waals surface area contributed by atoms with Crippen LogP contribution in [0.25, 0.3) is 11.4 Å². The smallest absolute Gasteiger partial charge is 0.319 e. The molecule has 0 saturated carbocycles. The van der Waals surface area contributed by atoms with Crippen LogP contribution in [-0.4, -0.2) is 33.3 Å². The number of urea groups is 1. The molecule has 2 heterocycles. The first kappa shape index (κ1) is 16.4. The average molecular weight is 338 g/mol. The second-order valence-corrected chi connectivity index (χ2v) is 5.33. The van der Waals surface area contributed by atoms with E-state index in [9.17, 15) is 4.79 Å². The third-order valence-corrected chi connectivity index (χ3v) is 3.53. The van der Waals surface area contributed by atoms with Crippen molar-refractivity contribution in [1.82, 2.24) is 25.5 Å². The van der Waals surface area contributed by atoms with Crippen LogP contribution in [0.1, 0.15) is 18.8 Å². The monoisotopic (exact) mass is 338 g/mol. The Balaban J connectivity index is 1.63. The molecule has 3 rings (SSSR count). The van der Waals surface area contributed by atoms with Crippen LogP contribution in [0.2, 0.25) is 0 Å². The number of anilines is 1. The van der Waals surface area contributed by atoms with Gasteiger partial charge in [-0.05, 0) is 31.2 Å². The first-order chi connectivity index (χ1) is 12.2. The fraction of sp³-hybridized carbons (Fsp3) is 0.176. The van der Waals surface area contributed by atoms with Crippen molar-refractivity contribution in [3.8, 4) is 17.1 Å². The highest BCUT2D eigenvalue weighted by molar-refractivity contribution is 5.89. The topological polar surface area (TPSA) is 105 Å². The van der Waals surface area contributed by atoms with Crippen LogP contribution >= 0.6 is 0 Å². The minimum atomic E-state index is -0.345. The predicted octanol–water partition coefficient (Wildman–Crippen LogP) is 2.76. The number of aromatic nitrogens is 4. The molecule has 0 bridgehead atoms. The van der Waals surface area contributed by atoms with Gasteiger partial charge in [0.05, 0.1) is 13.2 Å². The molecule has 3 N–H and O–H groups in total. The molecule has 1 aromatic carbocycles. The van der Waals surface area contributed by atoms with Crippen LogP contribution in [0.5, 0.6) is 5.75 Å². The largest absolute Gasteiger partial charge is 0.497 e. The van der Waals surface area contributed by atoms with Gasteiger partial charge in [0.1, 0.15) is 11.6 Å². The van der Waals surface area contributed by atoms with Gasteiger partial charge in [0.15, 0.2) is 5.82 Å². The SMILES string of the molecule is COc1cccc(NC(=O)NC(C)c2nc(-c3ccncc3)n[nH]2)c1. The van der Waals surface area contributed by atoms with Gasteiger partial charge >= 0.3 is 6.03 Å². The molecule has 3 aromatic rings. The number of carbonyl (C=O) groups excluding carboxylic acids is 1.